The van der Waals surface area contributed by atoms with Crippen molar-refractivity contribution in [3.63, 3.8) is 0 Å². The van der Waals surface area contributed by atoms with Gasteiger partial charge in [0.25, 0.3) is 5.22 Å². The van der Waals surface area contributed by atoms with E-state index in [1.165, 1.54) is 29.4 Å². The Morgan fingerprint density at radius 3 is 3.15 bits per heavy atom. The molecule has 2 rings (SSSR count). The van der Waals surface area contributed by atoms with Crippen molar-refractivity contribution in [2.24, 2.45) is 0 Å². The fourth-order valence-electron chi connectivity index (χ4n) is 0.811. The van der Waals surface area contributed by atoms with Crippen molar-refractivity contribution in [3.05, 3.63) is 28.8 Å². The van der Waals surface area contributed by atoms with Crippen molar-refractivity contribution in [3.8, 4) is 0 Å². The normalized spacial score (nSPS) is 10.2. The van der Waals surface area contributed by atoms with Gasteiger partial charge in [0.05, 0.1) is 11.1 Å². The van der Waals surface area contributed by atoms with E-state index in [9.17, 15) is 4.79 Å². The molecular weight excluding hydrogens is 206 g/mol. The quantitative estimate of drug-likeness (QED) is 0.732. The largest absolute Gasteiger partial charge is 0.440 e. The summed E-state index contributed by atoms with van der Waals surface area (Å²) >= 11 is 2.82. The van der Waals surface area contributed by atoms with E-state index in [4.69, 9.17) is 4.42 Å². The van der Waals surface area contributed by atoms with Crippen LogP contribution in [0.25, 0.3) is 0 Å². The van der Waals surface area contributed by atoms with Gasteiger partial charge in [0.1, 0.15) is 6.26 Å². The Morgan fingerprint density at radius 1 is 1.62 bits per heavy atom. The van der Waals surface area contributed by atoms with Gasteiger partial charge in [-0.25, -0.2) is 4.98 Å². The summed E-state index contributed by atoms with van der Waals surface area (Å²) in [5.41, 5.74) is 0. The Kier molecular flexibility index (Phi) is 2.47. The molecule has 0 bridgehead atoms. The first-order valence-electron chi connectivity index (χ1n) is 3.49. The highest BCUT2D eigenvalue weighted by molar-refractivity contribution is 7.99. The van der Waals surface area contributed by atoms with Gasteiger partial charge in [0.2, 0.25) is 0 Å². The highest BCUT2D eigenvalue weighted by atomic mass is 32.2. The van der Waals surface area contributed by atoms with Gasteiger partial charge in [-0.1, -0.05) is 0 Å². The van der Waals surface area contributed by atoms with Crippen LogP contribution < -0.4 is 0 Å². The molecule has 2 aromatic rings. The molecule has 13 heavy (non-hydrogen) atoms. The smallest absolute Gasteiger partial charge is 0.260 e. The van der Waals surface area contributed by atoms with Gasteiger partial charge in [-0.05, 0) is 17.8 Å². The molecule has 0 spiro atoms. The number of rotatable bonds is 3. The van der Waals surface area contributed by atoms with Crippen molar-refractivity contribution in [2.75, 3.05) is 0 Å². The summed E-state index contributed by atoms with van der Waals surface area (Å²) in [6, 6.07) is 1.81. The number of carbonyl (C=O) groups excluding carboxylic acids is 1. The number of hydrogen-bond donors (Lipinski definition) is 0. The first-order chi connectivity index (χ1) is 6.38. The second-order valence-electron chi connectivity index (χ2n) is 2.20. The number of carbonyl (C=O) groups is 1. The number of aromatic nitrogens is 1. The second kappa shape index (κ2) is 3.76. The highest BCUT2D eigenvalue weighted by Crippen LogP contribution is 2.29. The van der Waals surface area contributed by atoms with Gasteiger partial charge < -0.3 is 4.42 Å². The van der Waals surface area contributed by atoms with Crippen molar-refractivity contribution in [1.82, 2.24) is 4.98 Å². The minimum Gasteiger partial charge on any atom is -0.440 e. The monoisotopic (exact) mass is 211 g/mol. The summed E-state index contributed by atoms with van der Waals surface area (Å²) in [4.78, 5) is 16.0. The molecule has 5 heteroatoms. The van der Waals surface area contributed by atoms with Crippen LogP contribution in [-0.4, -0.2) is 11.3 Å². The van der Waals surface area contributed by atoms with Gasteiger partial charge in [0.15, 0.2) is 6.29 Å². The summed E-state index contributed by atoms with van der Waals surface area (Å²) < 4.78 is 5.05. The molecule has 66 valence electrons. The topological polar surface area (TPSA) is 43.1 Å². The van der Waals surface area contributed by atoms with E-state index < -0.39 is 0 Å². The zero-order chi connectivity index (χ0) is 9.10. The van der Waals surface area contributed by atoms with Gasteiger partial charge in [0, 0.05) is 10.3 Å². The van der Waals surface area contributed by atoms with Gasteiger partial charge in [-0.3, -0.25) is 4.79 Å². The molecule has 2 heterocycles. The van der Waals surface area contributed by atoms with E-state index in [1.54, 1.807) is 6.20 Å². The van der Waals surface area contributed by atoms with Crippen LogP contribution >= 0.6 is 23.1 Å². The van der Waals surface area contributed by atoms with E-state index in [2.05, 4.69) is 4.98 Å². The van der Waals surface area contributed by atoms with Crippen LogP contribution in [0.3, 0.4) is 0 Å². The fourth-order valence-corrected chi connectivity index (χ4v) is 2.40. The summed E-state index contributed by atoms with van der Waals surface area (Å²) in [7, 11) is 0. The third-order valence-corrected chi connectivity index (χ3v) is 3.18. The lowest BCUT2D eigenvalue weighted by Gasteiger charge is -1.88. The zero-order valence-corrected chi connectivity index (χ0v) is 8.10. The molecule has 0 amide bonds. The van der Waals surface area contributed by atoms with Crippen LogP contribution in [0.4, 0.5) is 0 Å². The molecule has 3 nitrogen and oxygen atoms in total. The van der Waals surface area contributed by atoms with E-state index >= 15 is 0 Å². The average Bonchev–Trinajstić information content (AvgIpc) is 2.76. The summed E-state index contributed by atoms with van der Waals surface area (Å²) in [6.07, 6.45) is 3.95. The molecule has 2 aromatic heterocycles. The Labute approximate surface area is 82.8 Å². The van der Waals surface area contributed by atoms with E-state index in [-0.39, 0.29) is 0 Å². The molecule has 0 saturated heterocycles. The lowest BCUT2D eigenvalue weighted by molar-refractivity contribution is 0.112. The first kappa shape index (κ1) is 8.52. The lowest BCUT2D eigenvalue weighted by atomic mass is 10.5. The Morgan fingerprint density at radius 2 is 2.54 bits per heavy atom. The van der Waals surface area contributed by atoms with Crippen LogP contribution in [0, 0.1) is 0 Å². The number of thiophene rings is 1. The molecule has 0 saturated carbocycles. The van der Waals surface area contributed by atoms with Crippen molar-refractivity contribution in [2.45, 2.75) is 10.1 Å². The Bertz CT molecular complexity index is 394. The zero-order valence-electron chi connectivity index (χ0n) is 6.47. The number of nitrogens with zero attached hydrogens (tertiary/aromatic N) is 1. The molecule has 0 aliphatic heterocycles. The number of aldehydes is 1. The molecule has 0 N–H and O–H groups in total. The van der Waals surface area contributed by atoms with Crippen LogP contribution in [0.5, 0.6) is 0 Å². The van der Waals surface area contributed by atoms with E-state index in [0.29, 0.717) is 10.1 Å². The van der Waals surface area contributed by atoms with E-state index in [1.807, 2.05) is 11.4 Å². The maximum atomic E-state index is 10.4. The maximum Gasteiger partial charge on any atom is 0.260 e. The molecule has 0 atom stereocenters. The first-order valence-corrected chi connectivity index (χ1v) is 5.19. The maximum absolute atomic E-state index is 10.4. The Hall–Kier alpha value is -1.07. The molecule has 0 unspecified atom stereocenters. The minimum absolute atomic E-state index is 0.593. The standard InChI is InChI=1S/C8H5NO2S2/c10-4-6-3-7(5-12-6)13-8-9-1-2-11-8/h1-5H. The number of hydrogen-bond acceptors (Lipinski definition) is 5. The van der Waals surface area contributed by atoms with Crippen molar-refractivity contribution >= 4 is 29.4 Å². The number of oxazole rings is 1. The Balaban J connectivity index is 2.14. The SMILES string of the molecule is O=Cc1cc(Sc2ncco2)cs1. The summed E-state index contributed by atoms with van der Waals surface area (Å²) in [6.45, 7) is 0. The molecule has 0 aliphatic rings. The average molecular weight is 211 g/mol. The summed E-state index contributed by atoms with van der Waals surface area (Å²) in [5.74, 6) is 0. The molecule has 0 aromatic carbocycles. The van der Waals surface area contributed by atoms with Crippen LogP contribution in [0.15, 0.2) is 38.4 Å². The fraction of sp³-hybridized carbons (Fsp3) is 0. The minimum atomic E-state index is 0.593. The van der Waals surface area contributed by atoms with E-state index in [0.717, 1.165) is 11.2 Å². The van der Waals surface area contributed by atoms with Gasteiger partial charge in [-0.2, -0.15) is 0 Å². The van der Waals surface area contributed by atoms with Crippen LogP contribution in [0.2, 0.25) is 0 Å². The molecule has 0 fully saturated rings. The second-order valence-corrected chi connectivity index (χ2v) is 4.17. The summed E-state index contributed by atoms with van der Waals surface area (Å²) in [5, 5.41) is 2.49. The van der Waals surface area contributed by atoms with Crippen LogP contribution in [-0.2, 0) is 0 Å². The predicted molar refractivity (Wildman–Crippen MR) is 50.3 cm³/mol. The molecular formula is C8H5NO2S2. The third kappa shape index (κ3) is 1.99. The molecule has 0 aliphatic carbocycles. The highest BCUT2D eigenvalue weighted by Gasteiger charge is 2.03. The van der Waals surface area contributed by atoms with Crippen molar-refractivity contribution < 1.29 is 9.21 Å². The predicted octanol–water partition coefficient (Wildman–Crippen LogP) is 2.70. The van der Waals surface area contributed by atoms with Crippen LogP contribution in [0.1, 0.15) is 9.67 Å². The van der Waals surface area contributed by atoms with Gasteiger partial charge >= 0.3 is 0 Å². The van der Waals surface area contributed by atoms with Crippen molar-refractivity contribution in [1.29, 1.82) is 0 Å². The molecule has 0 radical (unpaired) electrons. The third-order valence-electron chi connectivity index (χ3n) is 1.33. The van der Waals surface area contributed by atoms with Gasteiger partial charge in [-0.15, -0.1) is 11.3 Å². The lowest BCUT2D eigenvalue weighted by Crippen LogP contribution is -1.68.